The van der Waals surface area contributed by atoms with E-state index in [1.54, 1.807) is 12.3 Å². The zero-order valence-corrected chi connectivity index (χ0v) is 12.5. The summed E-state index contributed by atoms with van der Waals surface area (Å²) in [4.78, 5) is 15.9. The van der Waals surface area contributed by atoms with Crippen LogP contribution in [0, 0.1) is 3.57 Å². The van der Waals surface area contributed by atoms with Gasteiger partial charge in [-0.25, -0.2) is 4.98 Å². The van der Waals surface area contributed by atoms with E-state index in [0.29, 0.717) is 10.7 Å². The summed E-state index contributed by atoms with van der Waals surface area (Å²) in [5, 5.41) is 3.33. The van der Waals surface area contributed by atoms with Crippen molar-refractivity contribution in [3.63, 3.8) is 0 Å². The number of halogens is 2. The Morgan fingerprint density at radius 1 is 1.50 bits per heavy atom. The van der Waals surface area contributed by atoms with Crippen LogP contribution < -0.4 is 5.32 Å². The SMILES string of the molecule is O=C(Nc1ncc(Br)s1)c1cccc(I)c1. The van der Waals surface area contributed by atoms with Gasteiger partial charge in [-0.3, -0.25) is 10.1 Å². The zero-order chi connectivity index (χ0) is 11.5. The minimum Gasteiger partial charge on any atom is -0.298 e. The Labute approximate surface area is 119 Å². The molecule has 0 saturated heterocycles. The number of hydrogen-bond acceptors (Lipinski definition) is 3. The molecule has 3 nitrogen and oxygen atoms in total. The highest BCUT2D eigenvalue weighted by molar-refractivity contribution is 14.1. The number of hydrogen-bond donors (Lipinski definition) is 1. The molecule has 0 saturated carbocycles. The molecular formula is C10H6BrIN2OS. The summed E-state index contributed by atoms with van der Waals surface area (Å²) < 4.78 is 1.93. The van der Waals surface area contributed by atoms with Crippen LogP contribution in [0.3, 0.4) is 0 Å². The fourth-order valence-electron chi connectivity index (χ4n) is 1.11. The van der Waals surface area contributed by atoms with E-state index in [9.17, 15) is 4.79 Å². The number of benzene rings is 1. The molecule has 1 aromatic heterocycles. The number of amides is 1. The van der Waals surface area contributed by atoms with Crippen LogP contribution in [0.2, 0.25) is 0 Å². The first kappa shape index (κ1) is 12.0. The third kappa shape index (κ3) is 3.02. The van der Waals surface area contributed by atoms with Gasteiger partial charge in [-0.1, -0.05) is 17.4 Å². The van der Waals surface area contributed by atoms with Crippen molar-refractivity contribution in [2.75, 3.05) is 5.32 Å². The molecule has 0 aliphatic carbocycles. The molecule has 2 rings (SSSR count). The van der Waals surface area contributed by atoms with Gasteiger partial charge in [0.05, 0.1) is 9.98 Å². The Bertz CT molecular complexity index is 529. The molecule has 82 valence electrons. The van der Waals surface area contributed by atoms with Gasteiger partial charge in [0.2, 0.25) is 0 Å². The maximum Gasteiger partial charge on any atom is 0.257 e. The third-order valence-corrected chi connectivity index (χ3v) is 3.85. The Morgan fingerprint density at radius 3 is 2.94 bits per heavy atom. The summed E-state index contributed by atoms with van der Waals surface area (Å²) in [5.74, 6) is -0.139. The van der Waals surface area contributed by atoms with Crippen molar-refractivity contribution in [1.82, 2.24) is 4.98 Å². The Morgan fingerprint density at radius 2 is 2.31 bits per heavy atom. The van der Waals surface area contributed by atoms with Gasteiger partial charge < -0.3 is 0 Å². The molecule has 0 spiro atoms. The second-order valence-corrected chi connectivity index (χ2v) is 6.59. The third-order valence-electron chi connectivity index (χ3n) is 1.78. The van der Waals surface area contributed by atoms with E-state index in [-0.39, 0.29) is 5.91 Å². The van der Waals surface area contributed by atoms with Crippen molar-refractivity contribution < 1.29 is 4.79 Å². The van der Waals surface area contributed by atoms with Gasteiger partial charge >= 0.3 is 0 Å². The molecule has 6 heteroatoms. The summed E-state index contributed by atoms with van der Waals surface area (Å²) >= 11 is 6.85. The topological polar surface area (TPSA) is 42.0 Å². The van der Waals surface area contributed by atoms with Gasteiger partial charge in [-0.15, -0.1) is 0 Å². The van der Waals surface area contributed by atoms with Gasteiger partial charge in [0, 0.05) is 9.13 Å². The molecule has 0 aliphatic rings. The summed E-state index contributed by atoms with van der Waals surface area (Å²) in [6.45, 7) is 0. The minimum absolute atomic E-state index is 0.139. The van der Waals surface area contributed by atoms with Crippen LogP contribution in [0.5, 0.6) is 0 Å². The molecule has 0 unspecified atom stereocenters. The van der Waals surface area contributed by atoms with Crippen LogP contribution in [-0.2, 0) is 0 Å². The molecule has 1 amide bonds. The highest BCUT2D eigenvalue weighted by atomic mass is 127. The number of nitrogens with zero attached hydrogens (tertiary/aromatic N) is 1. The van der Waals surface area contributed by atoms with E-state index >= 15 is 0 Å². The number of rotatable bonds is 2. The van der Waals surface area contributed by atoms with Crippen molar-refractivity contribution in [3.05, 3.63) is 43.4 Å². The normalized spacial score (nSPS) is 10.1. The Hall–Kier alpha value is -0.470. The van der Waals surface area contributed by atoms with E-state index in [0.717, 1.165) is 7.36 Å². The van der Waals surface area contributed by atoms with Crippen molar-refractivity contribution in [2.45, 2.75) is 0 Å². The zero-order valence-electron chi connectivity index (χ0n) is 7.91. The number of aromatic nitrogens is 1. The van der Waals surface area contributed by atoms with Gasteiger partial charge in [0.25, 0.3) is 5.91 Å². The van der Waals surface area contributed by atoms with E-state index < -0.39 is 0 Å². The molecule has 0 aliphatic heterocycles. The summed E-state index contributed by atoms with van der Waals surface area (Å²) in [6.07, 6.45) is 1.66. The van der Waals surface area contributed by atoms with Gasteiger partial charge in [0.1, 0.15) is 0 Å². The maximum atomic E-state index is 11.8. The lowest BCUT2D eigenvalue weighted by molar-refractivity contribution is 0.102. The monoisotopic (exact) mass is 408 g/mol. The standard InChI is InChI=1S/C10H6BrIN2OS/c11-8-5-13-10(16-8)14-9(15)6-2-1-3-7(12)4-6/h1-5H,(H,13,14,15). The van der Waals surface area contributed by atoms with Crippen molar-refractivity contribution in [3.8, 4) is 0 Å². The van der Waals surface area contributed by atoms with Crippen molar-refractivity contribution in [1.29, 1.82) is 0 Å². The molecule has 1 heterocycles. The maximum absolute atomic E-state index is 11.8. The fourth-order valence-corrected chi connectivity index (χ4v) is 2.76. The fraction of sp³-hybridized carbons (Fsp3) is 0. The predicted molar refractivity (Wildman–Crippen MR) is 76.9 cm³/mol. The molecule has 0 atom stereocenters. The van der Waals surface area contributed by atoms with Crippen LogP contribution in [-0.4, -0.2) is 10.9 Å². The Balaban J connectivity index is 2.14. The average Bonchev–Trinajstić information content (AvgIpc) is 2.64. The highest BCUT2D eigenvalue weighted by Crippen LogP contribution is 2.23. The van der Waals surface area contributed by atoms with Gasteiger partial charge in [0.15, 0.2) is 5.13 Å². The summed E-state index contributed by atoms with van der Waals surface area (Å²) in [6, 6.07) is 7.41. The number of carbonyl (C=O) groups is 1. The highest BCUT2D eigenvalue weighted by Gasteiger charge is 2.08. The van der Waals surface area contributed by atoms with E-state index in [4.69, 9.17) is 0 Å². The molecule has 0 fully saturated rings. The number of nitrogens with one attached hydrogen (secondary N) is 1. The number of carbonyl (C=O) groups excluding carboxylic acids is 1. The van der Waals surface area contributed by atoms with Crippen molar-refractivity contribution in [2.24, 2.45) is 0 Å². The molecular weight excluding hydrogens is 403 g/mol. The average molecular weight is 409 g/mol. The number of anilines is 1. The van der Waals surface area contributed by atoms with E-state index in [1.165, 1.54) is 11.3 Å². The first-order valence-corrected chi connectivity index (χ1v) is 7.02. The molecule has 0 radical (unpaired) electrons. The molecule has 1 N–H and O–H groups in total. The second-order valence-electron chi connectivity index (χ2n) is 2.93. The van der Waals surface area contributed by atoms with Gasteiger partial charge in [-0.05, 0) is 56.7 Å². The van der Waals surface area contributed by atoms with Crippen LogP contribution in [0.1, 0.15) is 10.4 Å². The van der Waals surface area contributed by atoms with Crippen LogP contribution in [0.4, 0.5) is 5.13 Å². The van der Waals surface area contributed by atoms with E-state index in [1.807, 2.05) is 18.2 Å². The second kappa shape index (κ2) is 5.24. The quantitative estimate of drug-likeness (QED) is 0.768. The lowest BCUT2D eigenvalue weighted by atomic mass is 10.2. The number of thiazole rings is 1. The summed E-state index contributed by atoms with van der Waals surface area (Å²) in [5.41, 5.74) is 0.637. The van der Waals surface area contributed by atoms with Crippen molar-refractivity contribution >= 4 is 60.9 Å². The van der Waals surface area contributed by atoms with Crippen LogP contribution in [0.25, 0.3) is 0 Å². The first-order valence-electron chi connectivity index (χ1n) is 4.33. The van der Waals surface area contributed by atoms with E-state index in [2.05, 4.69) is 48.8 Å². The summed E-state index contributed by atoms with van der Waals surface area (Å²) in [7, 11) is 0. The molecule has 2 aromatic rings. The lowest BCUT2D eigenvalue weighted by Crippen LogP contribution is -2.11. The Kier molecular flexibility index (Phi) is 3.93. The van der Waals surface area contributed by atoms with Crippen LogP contribution in [0.15, 0.2) is 34.2 Å². The largest absolute Gasteiger partial charge is 0.298 e. The smallest absolute Gasteiger partial charge is 0.257 e. The molecule has 16 heavy (non-hydrogen) atoms. The molecule has 0 bridgehead atoms. The first-order chi connectivity index (χ1) is 7.65. The molecule has 1 aromatic carbocycles. The van der Waals surface area contributed by atoms with Crippen LogP contribution >= 0.6 is 49.9 Å². The predicted octanol–water partition coefficient (Wildman–Crippen LogP) is 3.76. The van der Waals surface area contributed by atoms with Gasteiger partial charge in [-0.2, -0.15) is 0 Å². The lowest BCUT2D eigenvalue weighted by Gasteiger charge is -2.01. The minimum atomic E-state index is -0.139.